The summed E-state index contributed by atoms with van der Waals surface area (Å²) in [5.41, 5.74) is 6.28. The fourth-order valence-corrected chi connectivity index (χ4v) is 2.70. The Bertz CT molecular complexity index is 459. The van der Waals surface area contributed by atoms with Gasteiger partial charge in [-0.2, -0.15) is 0 Å². The van der Waals surface area contributed by atoms with Gasteiger partial charge in [-0.3, -0.25) is 4.79 Å². The van der Waals surface area contributed by atoms with Gasteiger partial charge < -0.3 is 10.6 Å². The Morgan fingerprint density at radius 1 is 1.53 bits per heavy atom. The minimum absolute atomic E-state index is 0.188. The maximum Gasteiger partial charge on any atom is 0.256 e. The van der Waals surface area contributed by atoms with Crippen LogP contribution in [0.25, 0.3) is 0 Å². The van der Waals surface area contributed by atoms with E-state index in [1.165, 1.54) is 0 Å². The van der Waals surface area contributed by atoms with Gasteiger partial charge in [0, 0.05) is 13.1 Å². The third-order valence-corrected chi connectivity index (χ3v) is 3.80. The second-order valence-electron chi connectivity index (χ2n) is 5.27. The molecule has 0 radical (unpaired) electrons. The molecule has 19 heavy (non-hydrogen) atoms. The van der Waals surface area contributed by atoms with Crippen LogP contribution in [0.1, 0.15) is 35.2 Å². The summed E-state index contributed by atoms with van der Waals surface area (Å²) in [5.74, 6) is -0.132. The van der Waals surface area contributed by atoms with Crippen LogP contribution >= 0.6 is 0 Å². The van der Waals surface area contributed by atoms with Gasteiger partial charge in [0.15, 0.2) is 0 Å². The molecule has 3 nitrogen and oxygen atoms in total. The summed E-state index contributed by atoms with van der Waals surface area (Å²) in [5, 5.41) is 0. The molecule has 0 saturated carbocycles. The van der Waals surface area contributed by atoms with E-state index in [9.17, 15) is 9.18 Å². The molecule has 1 amide bonds. The number of amides is 1. The van der Waals surface area contributed by atoms with Crippen molar-refractivity contribution < 1.29 is 9.18 Å². The van der Waals surface area contributed by atoms with Crippen LogP contribution in [-0.4, -0.2) is 30.4 Å². The second kappa shape index (κ2) is 6.15. The highest BCUT2D eigenvalue weighted by Crippen LogP contribution is 2.22. The number of halogens is 1. The van der Waals surface area contributed by atoms with Gasteiger partial charge in [-0.25, -0.2) is 4.39 Å². The minimum Gasteiger partial charge on any atom is -0.338 e. The van der Waals surface area contributed by atoms with Gasteiger partial charge >= 0.3 is 0 Å². The Hall–Kier alpha value is -1.42. The minimum atomic E-state index is -0.395. The van der Waals surface area contributed by atoms with Crippen LogP contribution in [0.2, 0.25) is 0 Å². The van der Waals surface area contributed by atoms with E-state index in [-0.39, 0.29) is 11.5 Å². The standard InChI is InChI=1S/C15H21FN2O/c1-11-4-2-6-13(14(11)16)15(19)18-9-3-5-12(10-18)7-8-17/h2,4,6,12H,3,5,7-10,17H2,1H3. The van der Waals surface area contributed by atoms with E-state index in [0.717, 1.165) is 19.3 Å². The zero-order valence-electron chi connectivity index (χ0n) is 11.4. The Balaban J connectivity index is 2.12. The maximum atomic E-state index is 14.0. The first kappa shape index (κ1) is 14.0. The number of benzene rings is 1. The average Bonchev–Trinajstić information content (AvgIpc) is 2.42. The zero-order valence-corrected chi connectivity index (χ0v) is 11.4. The van der Waals surface area contributed by atoms with Crippen LogP contribution in [0.4, 0.5) is 4.39 Å². The molecule has 4 heteroatoms. The van der Waals surface area contributed by atoms with E-state index in [1.54, 1.807) is 30.0 Å². The van der Waals surface area contributed by atoms with Crippen molar-refractivity contribution in [1.82, 2.24) is 4.90 Å². The van der Waals surface area contributed by atoms with Crippen molar-refractivity contribution in [2.75, 3.05) is 19.6 Å². The monoisotopic (exact) mass is 264 g/mol. The predicted molar refractivity (Wildman–Crippen MR) is 73.4 cm³/mol. The van der Waals surface area contributed by atoms with Crippen LogP contribution in [0.3, 0.4) is 0 Å². The molecule has 0 aromatic heterocycles. The van der Waals surface area contributed by atoms with E-state index in [1.807, 2.05) is 0 Å². The van der Waals surface area contributed by atoms with Crippen LogP contribution in [0.15, 0.2) is 18.2 Å². The van der Waals surface area contributed by atoms with Gasteiger partial charge in [-0.15, -0.1) is 0 Å². The molecule has 1 atom stereocenters. The lowest BCUT2D eigenvalue weighted by molar-refractivity contribution is 0.0664. The van der Waals surface area contributed by atoms with Crippen molar-refractivity contribution in [2.45, 2.75) is 26.2 Å². The molecule has 1 aromatic carbocycles. The molecule has 1 aromatic rings. The average molecular weight is 264 g/mol. The molecule has 104 valence electrons. The highest BCUT2D eigenvalue weighted by atomic mass is 19.1. The predicted octanol–water partition coefficient (Wildman–Crippen LogP) is 2.34. The summed E-state index contributed by atoms with van der Waals surface area (Å²) in [6.45, 7) is 3.74. The van der Waals surface area contributed by atoms with Gasteiger partial charge in [-0.1, -0.05) is 12.1 Å². The molecule has 1 fully saturated rings. The van der Waals surface area contributed by atoms with Crippen molar-refractivity contribution >= 4 is 5.91 Å². The Kier molecular flexibility index (Phi) is 4.53. The number of likely N-dealkylation sites (tertiary alicyclic amines) is 1. The maximum absolute atomic E-state index is 14.0. The van der Waals surface area contributed by atoms with Gasteiger partial charge in [0.05, 0.1) is 5.56 Å². The highest BCUT2D eigenvalue weighted by molar-refractivity contribution is 5.94. The third-order valence-electron chi connectivity index (χ3n) is 3.80. The normalized spacial score (nSPS) is 19.5. The van der Waals surface area contributed by atoms with Crippen LogP contribution in [0, 0.1) is 18.7 Å². The fraction of sp³-hybridized carbons (Fsp3) is 0.533. The number of hydrogen-bond acceptors (Lipinski definition) is 2. The lowest BCUT2D eigenvalue weighted by Gasteiger charge is -2.32. The lowest BCUT2D eigenvalue weighted by atomic mass is 9.94. The number of nitrogens with zero attached hydrogens (tertiary/aromatic N) is 1. The topological polar surface area (TPSA) is 46.3 Å². The molecule has 0 aliphatic carbocycles. The zero-order chi connectivity index (χ0) is 13.8. The number of piperidine rings is 1. The molecule has 1 aliphatic heterocycles. The summed E-state index contributed by atoms with van der Waals surface area (Å²) < 4.78 is 14.0. The third kappa shape index (κ3) is 3.13. The van der Waals surface area contributed by atoms with Crippen molar-refractivity contribution in [2.24, 2.45) is 11.7 Å². The quantitative estimate of drug-likeness (QED) is 0.910. The van der Waals surface area contributed by atoms with E-state index in [2.05, 4.69) is 0 Å². The summed E-state index contributed by atoms with van der Waals surface area (Å²) in [6.07, 6.45) is 3.02. The molecular formula is C15H21FN2O. The van der Waals surface area contributed by atoms with Crippen LogP contribution in [-0.2, 0) is 0 Å². The Morgan fingerprint density at radius 3 is 3.05 bits per heavy atom. The molecule has 1 heterocycles. The highest BCUT2D eigenvalue weighted by Gasteiger charge is 2.25. The number of aryl methyl sites for hydroxylation is 1. The first-order valence-corrected chi connectivity index (χ1v) is 6.88. The van der Waals surface area contributed by atoms with E-state index in [4.69, 9.17) is 5.73 Å². The van der Waals surface area contributed by atoms with Crippen molar-refractivity contribution in [3.63, 3.8) is 0 Å². The molecule has 2 N–H and O–H groups in total. The molecule has 0 bridgehead atoms. The lowest BCUT2D eigenvalue weighted by Crippen LogP contribution is -2.40. The van der Waals surface area contributed by atoms with Crippen LogP contribution < -0.4 is 5.73 Å². The molecule has 0 spiro atoms. The van der Waals surface area contributed by atoms with E-state index in [0.29, 0.717) is 31.1 Å². The number of carbonyl (C=O) groups is 1. The van der Waals surface area contributed by atoms with E-state index < -0.39 is 5.82 Å². The second-order valence-corrected chi connectivity index (χ2v) is 5.27. The summed E-state index contributed by atoms with van der Waals surface area (Å²) in [4.78, 5) is 14.1. The molecule has 1 saturated heterocycles. The number of nitrogens with two attached hydrogens (primary N) is 1. The summed E-state index contributed by atoms with van der Waals surface area (Å²) >= 11 is 0. The van der Waals surface area contributed by atoms with Crippen LogP contribution in [0.5, 0.6) is 0 Å². The first-order chi connectivity index (χ1) is 9.13. The van der Waals surface area contributed by atoms with Crippen molar-refractivity contribution in [1.29, 1.82) is 0 Å². The Labute approximate surface area is 113 Å². The number of rotatable bonds is 3. The molecule has 1 aliphatic rings. The summed E-state index contributed by atoms with van der Waals surface area (Å²) in [7, 11) is 0. The summed E-state index contributed by atoms with van der Waals surface area (Å²) in [6, 6.07) is 4.98. The SMILES string of the molecule is Cc1cccc(C(=O)N2CCCC(CCN)C2)c1F. The molecule has 2 rings (SSSR count). The van der Waals surface area contributed by atoms with Gasteiger partial charge in [0.2, 0.25) is 0 Å². The number of hydrogen-bond donors (Lipinski definition) is 1. The fourth-order valence-electron chi connectivity index (χ4n) is 2.70. The molecular weight excluding hydrogens is 243 g/mol. The number of carbonyl (C=O) groups excluding carboxylic acids is 1. The van der Waals surface area contributed by atoms with Crippen molar-refractivity contribution in [3.8, 4) is 0 Å². The Morgan fingerprint density at radius 2 is 2.32 bits per heavy atom. The largest absolute Gasteiger partial charge is 0.338 e. The first-order valence-electron chi connectivity index (χ1n) is 6.88. The van der Waals surface area contributed by atoms with E-state index >= 15 is 0 Å². The smallest absolute Gasteiger partial charge is 0.256 e. The van der Waals surface area contributed by atoms with Gasteiger partial charge in [0.1, 0.15) is 5.82 Å². The van der Waals surface area contributed by atoms with Crippen molar-refractivity contribution in [3.05, 3.63) is 35.1 Å². The molecule has 1 unspecified atom stereocenters. The van der Waals surface area contributed by atoms with Gasteiger partial charge in [0.25, 0.3) is 5.91 Å². The van der Waals surface area contributed by atoms with Gasteiger partial charge in [-0.05, 0) is 50.3 Å².